The van der Waals surface area contributed by atoms with Gasteiger partial charge in [0.15, 0.2) is 5.11 Å². The highest BCUT2D eigenvalue weighted by atomic mass is 32.1. The van der Waals surface area contributed by atoms with E-state index in [4.69, 9.17) is 21.5 Å². The molecule has 1 aliphatic rings. The van der Waals surface area contributed by atoms with Crippen LogP contribution in [0, 0.1) is 13.8 Å². The molecule has 0 bridgehead atoms. The van der Waals surface area contributed by atoms with E-state index in [1.807, 2.05) is 0 Å². The lowest BCUT2D eigenvalue weighted by molar-refractivity contribution is 0.0944. The van der Waals surface area contributed by atoms with E-state index >= 15 is 0 Å². The molecule has 128 valence electrons. The van der Waals surface area contributed by atoms with Gasteiger partial charge in [0, 0.05) is 18.8 Å². The summed E-state index contributed by atoms with van der Waals surface area (Å²) < 4.78 is 10.6. The summed E-state index contributed by atoms with van der Waals surface area (Å²) in [5.74, 6) is -0.335. The summed E-state index contributed by atoms with van der Waals surface area (Å²) in [6.45, 7) is 4.96. The van der Waals surface area contributed by atoms with Crippen LogP contribution in [-0.2, 0) is 4.74 Å². The molecule has 1 fully saturated rings. The fraction of sp³-hybridized carbons (Fsp3) is 0.467. The summed E-state index contributed by atoms with van der Waals surface area (Å²) >= 11 is 5.15. The Labute approximate surface area is 144 Å². The van der Waals surface area contributed by atoms with Crippen LogP contribution in [0.1, 0.15) is 34.6 Å². The van der Waals surface area contributed by atoms with Crippen molar-refractivity contribution in [3.63, 3.8) is 0 Å². The molecule has 24 heavy (non-hydrogen) atoms. The number of aryl methyl sites for hydroxylation is 2. The molecule has 2 aromatic heterocycles. The molecule has 0 radical (unpaired) electrons. The van der Waals surface area contributed by atoms with Gasteiger partial charge in [0.2, 0.25) is 0 Å². The van der Waals surface area contributed by atoms with Gasteiger partial charge in [0.25, 0.3) is 11.6 Å². The summed E-state index contributed by atoms with van der Waals surface area (Å²) in [6, 6.07) is 1.69. The molecule has 0 aromatic carbocycles. The van der Waals surface area contributed by atoms with Gasteiger partial charge < -0.3 is 14.6 Å². The van der Waals surface area contributed by atoms with Gasteiger partial charge in [-0.05, 0) is 45.0 Å². The molecule has 1 amide bonds. The smallest absolute Gasteiger partial charge is 0.270 e. The van der Waals surface area contributed by atoms with Crippen LogP contribution in [0.5, 0.6) is 0 Å². The number of aromatic nitrogens is 2. The van der Waals surface area contributed by atoms with Gasteiger partial charge in [0.05, 0.1) is 22.7 Å². The standard InChI is InChI=1S/C15H19N5O3S/c1-8-6-11(12-9(2)20-23-14(12)17-8)13(21)18-19-15(24)16-7-10-4-3-5-22-10/h6,10H,3-5,7H2,1-2H3,(H,18,21)(H2,16,19,24). The average molecular weight is 349 g/mol. The van der Waals surface area contributed by atoms with Crippen LogP contribution in [0.3, 0.4) is 0 Å². The second-order valence-corrected chi connectivity index (χ2v) is 6.09. The van der Waals surface area contributed by atoms with E-state index in [0.717, 1.165) is 19.4 Å². The zero-order chi connectivity index (χ0) is 17.1. The molecule has 1 aliphatic heterocycles. The van der Waals surface area contributed by atoms with Crippen LogP contribution < -0.4 is 16.2 Å². The van der Waals surface area contributed by atoms with Gasteiger partial charge in [-0.25, -0.2) is 4.98 Å². The first-order valence-electron chi connectivity index (χ1n) is 7.74. The third-order valence-electron chi connectivity index (χ3n) is 3.79. The molecule has 0 saturated carbocycles. The number of amides is 1. The Morgan fingerprint density at radius 3 is 3.00 bits per heavy atom. The van der Waals surface area contributed by atoms with Crippen molar-refractivity contribution in [2.24, 2.45) is 0 Å². The first-order chi connectivity index (χ1) is 11.5. The molecular weight excluding hydrogens is 330 g/mol. The van der Waals surface area contributed by atoms with E-state index in [1.165, 1.54) is 0 Å². The summed E-state index contributed by atoms with van der Waals surface area (Å²) in [6.07, 6.45) is 2.25. The van der Waals surface area contributed by atoms with Crippen molar-refractivity contribution >= 4 is 34.3 Å². The number of carbonyl (C=O) groups excluding carboxylic acids is 1. The van der Waals surface area contributed by atoms with Gasteiger partial charge in [-0.1, -0.05) is 5.16 Å². The summed E-state index contributed by atoms with van der Waals surface area (Å²) in [7, 11) is 0. The molecule has 1 saturated heterocycles. The Balaban J connectivity index is 1.60. The average Bonchev–Trinajstić information content (AvgIpc) is 3.20. The van der Waals surface area contributed by atoms with Crippen molar-refractivity contribution in [2.75, 3.05) is 13.2 Å². The van der Waals surface area contributed by atoms with Gasteiger partial charge in [-0.15, -0.1) is 0 Å². The van der Waals surface area contributed by atoms with Gasteiger partial charge >= 0.3 is 0 Å². The Kier molecular flexibility index (Phi) is 4.91. The third kappa shape index (κ3) is 3.62. The maximum atomic E-state index is 12.4. The lowest BCUT2D eigenvalue weighted by atomic mass is 10.1. The lowest BCUT2D eigenvalue weighted by Crippen LogP contribution is -2.48. The summed E-state index contributed by atoms with van der Waals surface area (Å²) in [4.78, 5) is 16.7. The number of thiocarbonyl (C=S) groups is 1. The first-order valence-corrected chi connectivity index (χ1v) is 8.15. The highest BCUT2D eigenvalue weighted by Gasteiger charge is 2.18. The maximum Gasteiger partial charge on any atom is 0.270 e. The molecular formula is C15H19N5O3S. The number of hydrazine groups is 1. The molecule has 0 aliphatic carbocycles. The van der Waals surface area contributed by atoms with Crippen LogP contribution in [-0.4, -0.2) is 40.4 Å². The van der Waals surface area contributed by atoms with Crippen LogP contribution in [0.2, 0.25) is 0 Å². The quantitative estimate of drug-likeness (QED) is 0.560. The predicted octanol–water partition coefficient (Wildman–Crippen LogP) is 1.13. The number of nitrogens with zero attached hydrogens (tertiary/aromatic N) is 2. The van der Waals surface area contributed by atoms with Crippen molar-refractivity contribution in [1.82, 2.24) is 26.3 Å². The van der Waals surface area contributed by atoms with Gasteiger partial charge in [-0.2, -0.15) is 0 Å². The van der Waals surface area contributed by atoms with E-state index in [2.05, 4.69) is 26.3 Å². The maximum absolute atomic E-state index is 12.4. The van der Waals surface area contributed by atoms with Crippen LogP contribution in [0.4, 0.5) is 0 Å². The van der Waals surface area contributed by atoms with Crippen molar-refractivity contribution < 1.29 is 14.1 Å². The summed E-state index contributed by atoms with van der Waals surface area (Å²) in [5, 5.41) is 7.81. The number of carbonyl (C=O) groups is 1. The molecule has 8 nitrogen and oxygen atoms in total. The number of hydrogen-bond acceptors (Lipinski definition) is 6. The zero-order valence-corrected chi connectivity index (χ0v) is 14.3. The van der Waals surface area contributed by atoms with E-state index in [-0.39, 0.29) is 12.0 Å². The van der Waals surface area contributed by atoms with E-state index in [1.54, 1.807) is 19.9 Å². The Hall–Kier alpha value is -2.26. The topological polar surface area (TPSA) is 101 Å². The normalized spacial score (nSPS) is 17.0. The molecule has 3 rings (SSSR count). The summed E-state index contributed by atoms with van der Waals surface area (Å²) in [5.41, 5.74) is 7.34. The molecule has 3 N–H and O–H groups in total. The van der Waals surface area contributed by atoms with Gasteiger partial charge in [-0.3, -0.25) is 15.6 Å². The number of rotatable bonds is 3. The zero-order valence-electron chi connectivity index (χ0n) is 13.5. The number of pyridine rings is 1. The van der Waals surface area contributed by atoms with E-state index in [0.29, 0.717) is 39.7 Å². The molecule has 3 heterocycles. The van der Waals surface area contributed by atoms with Crippen LogP contribution >= 0.6 is 12.2 Å². The monoisotopic (exact) mass is 349 g/mol. The Bertz CT molecular complexity index is 770. The van der Waals surface area contributed by atoms with Crippen molar-refractivity contribution in [1.29, 1.82) is 0 Å². The minimum Gasteiger partial charge on any atom is -0.376 e. The minimum atomic E-state index is -0.335. The van der Waals surface area contributed by atoms with E-state index in [9.17, 15) is 4.79 Å². The van der Waals surface area contributed by atoms with Crippen molar-refractivity contribution in [3.05, 3.63) is 23.0 Å². The fourth-order valence-electron chi connectivity index (χ4n) is 2.63. The van der Waals surface area contributed by atoms with Gasteiger partial charge in [0.1, 0.15) is 0 Å². The largest absolute Gasteiger partial charge is 0.376 e. The molecule has 1 atom stereocenters. The van der Waals surface area contributed by atoms with Crippen LogP contribution in [0.15, 0.2) is 10.6 Å². The SMILES string of the molecule is Cc1cc(C(=O)NNC(=S)NCC2CCCO2)c2c(C)noc2n1. The first kappa shape index (κ1) is 16.6. The predicted molar refractivity (Wildman–Crippen MR) is 91.5 cm³/mol. The minimum absolute atomic E-state index is 0.169. The van der Waals surface area contributed by atoms with E-state index < -0.39 is 0 Å². The highest BCUT2D eigenvalue weighted by molar-refractivity contribution is 7.80. The highest BCUT2D eigenvalue weighted by Crippen LogP contribution is 2.21. The second-order valence-electron chi connectivity index (χ2n) is 5.68. The fourth-order valence-corrected chi connectivity index (χ4v) is 2.77. The molecule has 2 aromatic rings. The molecule has 9 heteroatoms. The third-order valence-corrected chi connectivity index (χ3v) is 4.04. The molecule has 0 spiro atoms. The second kappa shape index (κ2) is 7.10. The number of fused-ring (bicyclic) bond motifs is 1. The van der Waals surface area contributed by atoms with Crippen molar-refractivity contribution in [2.45, 2.75) is 32.8 Å². The number of hydrogen-bond donors (Lipinski definition) is 3. The Morgan fingerprint density at radius 2 is 2.25 bits per heavy atom. The van der Waals surface area contributed by atoms with Crippen molar-refractivity contribution in [3.8, 4) is 0 Å². The number of nitrogens with one attached hydrogen (secondary N) is 3. The Morgan fingerprint density at radius 1 is 1.42 bits per heavy atom. The molecule has 1 unspecified atom stereocenters. The lowest BCUT2D eigenvalue weighted by Gasteiger charge is -2.14. The number of ether oxygens (including phenoxy) is 1. The van der Waals surface area contributed by atoms with Crippen LogP contribution in [0.25, 0.3) is 11.1 Å².